The average Bonchev–Trinajstić information content (AvgIpc) is 2.69. The molecule has 0 aromatic carbocycles. The Labute approximate surface area is 115 Å². The average molecular weight is 349 g/mol. The third kappa shape index (κ3) is 4.15. The maximum atomic E-state index is 12.6. The van der Waals surface area contributed by atoms with Crippen molar-refractivity contribution in [2.24, 2.45) is 0 Å². The van der Waals surface area contributed by atoms with Gasteiger partial charge in [-0.3, -0.25) is 4.68 Å². The van der Waals surface area contributed by atoms with Crippen LogP contribution in [0.1, 0.15) is 18.7 Å². The van der Waals surface area contributed by atoms with Gasteiger partial charge >= 0.3 is 12.3 Å². The van der Waals surface area contributed by atoms with Crippen LogP contribution in [0.5, 0.6) is 0 Å². The van der Waals surface area contributed by atoms with Gasteiger partial charge < -0.3 is 9.84 Å². The van der Waals surface area contributed by atoms with Gasteiger partial charge in [-0.15, -0.1) is 0 Å². The second kappa shape index (κ2) is 6.67. The molecule has 0 bridgehead atoms. The third-order valence-corrected chi connectivity index (χ3v) is 2.95. The Morgan fingerprint density at radius 2 is 2.16 bits per heavy atom. The molecule has 19 heavy (non-hydrogen) atoms. The van der Waals surface area contributed by atoms with Crippen molar-refractivity contribution < 1.29 is 27.4 Å². The number of alkyl halides is 4. The summed E-state index contributed by atoms with van der Waals surface area (Å²) in [5.41, 5.74) is 0.350. The highest BCUT2D eigenvalue weighted by Crippen LogP contribution is 2.26. The van der Waals surface area contributed by atoms with E-state index in [-0.39, 0.29) is 0 Å². The Bertz CT molecular complexity index is 414. The molecule has 0 saturated carbocycles. The number of hydrogen-bond donors (Lipinski definition) is 1. The van der Waals surface area contributed by atoms with E-state index in [0.29, 0.717) is 16.7 Å². The number of aromatic nitrogens is 2. The standard InChI is InChI=1S/C10H13BrF4N2O2/c1-2-17-8(6(11)3-16-17)7(18)4-19-5-10(14,15)9(12)13/h3,7,9,18H,2,4-5H2,1H3. The monoisotopic (exact) mass is 348 g/mol. The van der Waals surface area contributed by atoms with Crippen LogP contribution >= 0.6 is 15.9 Å². The van der Waals surface area contributed by atoms with Gasteiger partial charge in [0.1, 0.15) is 12.7 Å². The molecule has 0 saturated heterocycles. The quantitative estimate of drug-likeness (QED) is 0.770. The number of ether oxygens (including phenoxy) is 1. The van der Waals surface area contributed by atoms with E-state index in [1.165, 1.54) is 10.9 Å². The Morgan fingerprint density at radius 1 is 1.53 bits per heavy atom. The number of halogens is 5. The zero-order chi connectivity index (χ0) is 14.6. The van der Waals surface area contributed by atoms with Crippen LogP contribution in [0.25, 0.3) is 0 Å². The highest BCUT2D eigenvalue weighted by Gasteiger charge is 2.41. The molecule has 1 rings (SSSR count). The molecule has 1 unspecified atom stereocenters. The normalized spacial score (nSPS) is 14.1. The van der Waals surface area contributed by atoms with Gasteiger partial charge in [0.2, 0.25) is 0 Å². The smallest absolute Gasteiger partial charge is 0.330 e. The first kappa shape index (κ1) is 16.4. The van der Waals surface area contributed by atoms with Crippen molar-refractivity contribution in [1.29, 1.82) is 0 Å². The van der Waals surface area contributed by atoms with E-state index in [0.717, 1.165) is 0 Å². The van der Waals surface area contributed by atoms with E-state index in [1.54, 1.807) is 6.92 Å². The number of hydrogen-bond acceptors (Lipinski definition) is 3. The highest BCUT2D eigenvalue weighted by molar-refractivity contribution is 9.10. The zero-order valence-corrected chi connectivity index (χ0v) is 11.6. The van der Waals surface area contributed by atoms with Crippen LogP contribution in [0.2, 0.25) is 0 Å². The lowest BCUT2D eigenvalue weighted by Gasteiger charge is -2.17. The van der Waals surface area contributed by atoms with Gasteiger partial charge in [0.05, 0.1) is 23.0 Å². The summed E-state index contributed by atoms with van der Waals surface area (Å²) in [4.78, 5) is 0. The molecule has 1 aromatic rings. The predicted molar refractivity (Wildman–Crippen MR) is 62.3 cm³/mol. The number of nitrogens with zero attached hydrogens (tertiary/aromatic N) is 2. The third-order valence-electron chi connectivity index (χ3n) is 2.34. The molecule has 1 aromatic heterocycles. The molecule has 1 N–H and O–H groups in total. The topological polar surface area (TPSA) is 47.3 Å². The Morgan fingerprint density at radius 3 is 2.68 bits per heavy atom. The summed E-state index contributed by atoms with van der Waals surface area (Å²) in [6, 6.07) is 0. The maximum absolute atomic E-state index is 12.6. The fourth-order valence-corrected chi connectivity index (χ4v) is 1.96. The van der Waals surface area contributed by atoms with Gasteiger partial charge in [0.15, 0.2) is 0 Å². The van der Waals surface area contributed by atoms with Gasteiger partial charge in [-0.05, 0) is 22.9 Å². The summed E-state index contributed by atoms with van der Waals surface area (Å²) in [6.07, 6.45) is -3.58. The summed E-state index contributed by atoms with van der Waals surface area (Å²) >= 11 is 3.15. The Balaban J connectivity index is 2.56. The molecular weight excluding hydrogens is 336 g/mol. The lowest BCUT2D eigenvalue weighted by atomic mass is 10.2. The van der Waals surface area contributed by atoms with E-state index < -0.39 is 31.7 Å². The molecule has 110 valence electrons. The van der Waals surface area contributed by atoms with Crippen molar-refractivity contribution in [3.8, 4) is 0 Å². The van der Waals surface area contributed by atoms with Gasteiger partial charge in [-0.1, -0.05) is 0 Å². The fourth-order valence-electron chi connectivity index (χ4n) is 1.40. The van der Waals surface area contributed by atoms with E-state index in [4.69, 9.17) is 0 Å². The maximum Gasteiger partial charge on any atom is 0.330 e. The van der Waals surface area contributed by atoms with Crippen LogP contribution in [0.4, 0.5) is 17.6 Å². The summed E-state index contributed by atoms with van der Waals surface area (Å²) < 4.78 is 55.3. The van der Waals surface area contributed by atoms with Crippen molar-refractivity contribution in [1.82, 2.24) is 9.78 Å². The van der Waals surface area contributed by atoms with Crippen LogP contribution in [0.3, 0.4) is 0 Å². The van der Waals surface area contributed by atoms with E-state index in [2.05, 4.69) is 25.8 Å². The zero-order valence-electron chi connectivity index (χ0n) is 9.99. The summed E-state index contributed by atoms with van der Waals surface area (Å²) in [5, 5.41) is 13.7. The molecule has 1 heterocycles. The SMILES string of the molecule is CCn1ncc(Br)c1C(O)COCC(F)(F)C(F)F. The van der Waals surface area contributed by atoms with Crippen LogP contribution in [0.15, 0.2) is 10.7 Å². The van der Waals surface area contributed by atoms with Gasteiger partial charge in [-0.25, -0.2) is 8.78 Å². The van der Waals surface area contributed by atoms with Crippen LogP contribution in [-0.4, -0.2) is 40.4 Å². The van der Waals surface area contributed by atoms with Crippen LogP contribution in [0, 0.1) is 0 Å². The van der Waals surface area contributed by atoms with Gasteiger partial charge in [0, 0.05) is 6.54 Å². The minimum atomic E-state index is -4.22. The van der Waals surface area contributed by atoms with Crippen molar-refractivity contribution in [2.45, 2.75) is 31.9 Å². The molecule has 1 atom stereocenters. The van der Waals surface area contributed by atoms with E-state index in [9.17, 15) is 22.7 Å². The molecule has 0 aliphatic rings. The molecule has 0 radical (unpaired) electrons. The molecule has 0 amide bonds. The molecule has 0 fully saturated rings. The lowest BCUT2D eigenvalue weighted by Crippen LogP contribution is -2.33. The van der Waals surface area contributed by atoms with E-state index in [1.807, 2.05) is 0 Å². The number of aryl methyl sites for hydroxylation is 1. The first-order valence-electron chi connectivity index (χ1n) is 5.42. The number of aliphatic hydroxyl groups is 1. The van der Waals surface area contributed by atoms with Crippen molar-refractivity contribution in [2.75, 3.05) is 13.2 Å². The summed E-state index contributed by atoms with van der Waals surface area (Å²) in [6.45, 7) is 0.277. The van der Waals surface area contributed by atoms with Gasteiger partial charge in [-0.2, -0.15) is 13.9 Å². The summed E-state index contributed by atoms with van der Waals surface area (Å²) in [5.74, 6) is -4.22. The van der Waals surface area contributed by atoms with Gasteiger partial charge in [0.25, 0.3) is 0 Å². The first-order chi connectivity index (χ1) is 8.79. The first-order valence-corrected chi connectivity index (χ1v) is 6.21. The minimum Gasteiger partial charge on any atom is -0.384 e. The summed E-state index contributed by atoms with van der Waals surface area (Å²) in [7, 11) is 0. The van der Waals surface area contributed by atoms with Crippen molar-refractivity contribution >= 4 is 15.9 Å². The van der Waals surface area contributed by atoms with Crippen LogP contribution < -0.4 is 0 Å². The van der Waals surface area contributed by atoms with Crippen molar-refractivity contribution in [3.05, 3.63) is 16.4 Å². The number of aliphatic hydroxyl groups excluding tert-OH is 1. The Kier molecular flexibility index (Phi) is 5.75. The lowest BCUT2D eigenvalue weighted by molar-refractivity contribution is -0.171. The van der Waals surface area contributed by atoms with E-state index >= 15 is 0 Å². The number of rotatable bonds is 7. The highest BCUT2D eigenvalue weighted by atomic mass is 79.9. The predicted octanol–water partition coefficient (Wildman–Crippen LogP) is 2.62. The second-order valence-electron chi connectivity index (χ2n) is 3.79. The van der Waals surface area contributed by atoms with Crippen molar-refractivity contribution in [3.63, 3.8) is 0 Å². The molecule has 9 heteroatoms. The second-order valence-corrected chi connectivity index (χ2v) is 4.64. The van der Waals surface area contributed by atoms with Crippen LogP contribution in [-0.2, 0) is 11.3 Å². The Hall–Kier alpha value is -0.670. The largest absolute Gasteiger partial charge is 0.384 e. The molecule has 4 nitrogen and oxygen atoms in total. The fraction of sp³-hybridized carbons (Fsp3) is 0.700. The molecule has 0 spiro atoms. The molecular formula is C10H13BrF4N2O2. The molecule has 0 aliphatic carbocycles. The molecule has 0 aliphatic heterocycles. The minimum absolute atomic E-state index is 0.350.